The number of nitrogens with one attached hydrogen (secondary N) is 1. The van der Waals surface area contributed by atoms with E-state index in [0.717, 1.165) is 0 Å². The molecule has 3 rings (SSSR count). The van der Waals surface area contributed by atoms with Crippen molar-refractivity contribution in [3.63, 3.8) is 0 Å². The minimum atomic E-state index is -1.06. The van der Waals surface area contributed by atoms with Gasteiger partial charge in [-0.05, 0) is 31.5 Å². The molecule has 1 aromatic carbocycles. The van der Waals surface area contributed by atoms with Crippen LogP contribution in [0.1, 0.15) is 25.5 Å². The Balaban J connectivity index is 0.00000182. The number of hydrogen-bond acceptors (Lipinski definition) is 6. The fraction of sp³-hybridized carbons (Fsp3) is 0.438. The second-order valence-corrected chi connectivity index (χ2v) is 8.42. The zero-order valence-corrected chi connectivity index (χ0v) is 14.5. The van der Waals surface area contributed by atoms with Gasteiger partial charge in [0.25, 0.3) is 0 Å². The van der Waals surface area contributed by atoms with E-state index in [9.17, 15) is 24.6 Å². The first-order chi connectivity index (χ1) is 11.6. The van der Waals surface area contributed by atoms with E-state index in [1.807, 2.05) is 0 Å². The molecule has 2 amide bonds. The van der Waals surface area contributed by atoms with Crippen molar-refractivity contribution < 1.29 is 24.6 Å². The summed E-state index contributed by atoms with van der Waals surface area (Å²) in [6.45, 7) is 3.53. The molecule has 1 unspecified atom stereocenters. The Morgan fingerprint density at radius 1 is 1.26 bits per heavy atom. The molecule has 11 heteroatoms. The zero-order valence-electron chi connectivity index (χ0n) is 13.7. The van der Waals surface area contributed by atoms with Gasteiger partial charge >= 0.3 is 65.1 Å². The molecule has 8 nitrogen and oxygen atoms in total. The number of benzene rings is 1. The monoisotopic (exact) mass is 413 g/mol. The van der Waals surface area contributed by atoms with Crippen molar-refractivity contribution in [2.45, 2.75) is 42.1 Å². The van der Waals surface area contributed by atoms with Gasteiger partial charge in [-0.15, -0.1) is 11.8 Å². The Hall–Kier alpha value is -0.260. The molecule has 0 bridgehead atoms. The molecule has 0 aliphatic carbocycles. The van der Waals surface area contributed by atoms with E-state index < -0.39 is 46.0 Å². The molecule has 4 atom stereocenters. The van der Waals surface area contributed by atoms with Crippen LogP contribution in [-0.4, -0.2) is 114 Å². The van der Waals surface area contributed by atoms with Crippen molar-refractivity contribution in [3.8, 4) is 5.75 Å². The molecule has 0 spiro atoms. The number of carboxylic acids is 1. The topological polar surface area (TPSA) is 133 Å². The number of β-lactam (4-membered cyclic amide) rings is 1. The maximum absolute atomic E-state index is 12.3. The van der Waals surface area contributed by atoms with Gasteiger partial charge in [0.2, 0.25) is 11.8 Å². The number of phenolic OH excluding ortho intramolecular Hbond substituents is 1. The Labute approximate surface area is 205 Å². The van der Waals surface area contributed by atoms with Crippen molar-refractivity contribution in [1.29, 1.82) is 0 Å². The first-order valence-electron chi connectivity index (χ1n) is 7.71. The SMILES string of the molecule is CC1(C)S[C@@H]2[C@H](NC(=O)C(N)c3ccc(O)cc3)C(=O)N2[C@H]1C(=O)O.[NaH].[NaH]. The van der Waals surface area contributed by atoms with Gasteiger partial charge in [0.15, 0.2) is 0 Å². The van der Waals surface area contributed by atoms with E-state index in [1.54, 1.807) is 13.8 Å². The van der Waals surface area contributed by atoms with Crippen LogP contribution in [0.4, 0.5) is 0 Å². The van der Waals surface area contributed by atoms with Crippen LogP contribution in [0.25, 0.3) is 0 Å². The number of hydrogen-bond donors (Lipinski definition) is 4. The van der Waals surface area contributed by atoms with Gasteiger partial charge in [0, 0.05) is 4.75 Å². The molecule has 1 aromatic rings. The number of aromatic hydroxyl groups is 1. The van der Waals surface area contributed by atoms with E-state index in [1.165, 1.54) is 40.9 Å². The molecule has 27 heavy (non-hydrogen) atoms. The number of rotatable bonds is 4. The Bertz CT molecular complexity index is 746. The summed E-state index contributed by atoms with van der Waals surface area (Å²) in [5.41, 5.74) is 6.41. The van der Waals surface area contributed by atoms with Crippen molar-refractivity contribution in [2.75, 3.05) is 0 Å². The quantitative estimate of drug-likeness (QED) is 0.357. The number of thioether (sulfide) groups is 1. The minimum absolute atomic E-state index is 0. The van der Waals surface area contributed by atoms with Gasteiger partial charge in [-0.1, -0.05) is 12.1 Å². The molecule has 5 N–H and O–H groups in total. The van der Waals surface area contributed by atoms with E-state index in [2.05, 4.69) is 5.32 Å². The molecular formula is C16H21N3Na2O5S. The number of amides is 2. The molecule has 0 saturated carbocycles. The summed E-state index contributed by atoms with van der Waals surface area (Å²) < 4.78 is -0.648. The number of phenols is 1. The number of carboxylic acid groups (broad SMARTS) is 1. The molecule has 2 aliphatic heterocycles. The van der Waals surface area contributed by atoms with Crippen LogP contribution in [0.15, 0.2) is 24.3 Å². The summed E-state index contributed by atoms with van der Waals surface area (Å²) >= 11 is 1.35. The molecule has 0 aromatic heterocycles. The first kappa shape index (κ1) is 24.8. The zero-order chi connectivity index (χ0) is 18.5. The molecule has 0 radical (unpaired) electrons. The summed E-state index contributed by atoms with van der Waals surface area (Å²) in [6.07, 6.45) is 0. The van der Waals surface area contributed by atoms with Gasteiger partial charge in [0.05, 0.1) is 0 Å². The predicted molar refractivity (Wildman–Crippen MR) is 105 cm³/mol. The van der Waals surface area contributed by atoms with E-state index >= 15 is 0 Å². The molecule has 2 aliphatic rings. The summed E-state index contributed by atoms with van der Waals surface area (Å²) in [7, 11) is 0. The van der Waals surface area contributed by atoms with Crippen molar-refractivity contribution in [3.05, 3.63) is 29.8 Å². The Kier molecular flexibility index (Phi) is 8.30. The third-order valence-corrected chi connectivity index (χ3v) is 6.08. The number of nitrogens with two attached hydrogens (primary N) is 1. The molecule has 2 fully saturated rings. The van der Waals surface area contributed by atoms with Crippen LogP contribution in [0.5, 0.6) is 5.75 Å². The number of nitrogens with zero attached hydrogens (tertiary/aromatic N) is 1. The van der Waals surface area contributed by atoms with Gasteiger partial charge in [0.1, 0.15) is 29.2 Å². The summed E-state index contributed by atoms with van der Waals surface area (Å²) in [5.74, 6) is -1.94. The van der Waals surface area contributed by atoms with E-state index in [4.69, 9.17) is 5.73 Å². The Morgan fingerprint density at radius 3 is 2.33 bits per heavy atom. The number of carbonyl (C=O) groups excluding carboxylic acids is 2. The molecule has 2 saturated heterocycles. The average Bonchev–Trinajstić information content (AvgIpc) is 2.80. The second-order valence-electron chi connectivity index (χ2n) is 6.65. The molecular weight excluding hydrogens is 392 g/mol. The second kappa shape index (κ2) is 9.04. The standard InChI is InChI=1S/C16H19N3O5S.2Na.2H/c1-16(2)11(15(23)24)19-13(22)10(14(19)25-16)18-12(21)9(17)7-3-5-8(20)6-4-7;;;;/h3-6,9-11,14,20H,17H2,1-2H3,(H,18,21)(H,23,24);;;;/t9?,10-,11+,14-;;;;/m1..../s1. The normalized spacial score (nSPS) is 26.0. The van der Waals surface area contributed by atoms with Crippen LogP contribution >= 0.6 is 11.8 Å². The van der Waals surface area contributed by atoms with Crippen molar-refractivity contribution >= 4 is 88.7 Å². The predicted octanol–water partition coefficient (Wildman–Crippen LogP) is -1.27. The van der Waals surface area contributed by atoms with Crippen LogP contribution < -0.4 is 11.1 Å². The fourth-order valence-electron chi connectivity index (χ4n) is 3.22. The summed E-state index contributed by atoms with van der Waals surface area (Å²) in [6, 6.07) is 3.21. The third kappa shape index (κ3) is 4.51. The summed E-state index contributed by atoms with van der Waals surface area (Å²) in [5, 5.41) is 20.9. The summed E-state index contributed by atoms with van der Waals surface area (Å²) in [4.78, 5) is 37.5. The van der Waals surface area contributed by atoms with Crippen LogP contribution in [-0.2, 0) is 14.4 Å². The van der Waals surface area contributed by atoms with Crippen LogP contribution in [0.2, 0.25) is 0 Å². The van der Waals surface area contributed by atoms with Gasteiger partial charge in [-0.3, -0.25) is 9.59 Å². The van der Waals surface area contributed by atoms with Gasteiger partial charge < -0.3 is 26.2 Å². The van der Waals surface area contributed by atoms with E-state index in [-0.39, 0.29) is 64.9 Å². The van der Waals surface area contributed by atoms with Crippen molar-refractivity contribution in [1.82, 2.24) is 10.2 Å². The average molecular weight is 413 g/mol. The molecule has 2 heterocycles. The van der Waals surface area contributed by atoms with Crippen LogP contribution in [0.3, 0.4) is 0 Å². The van der Waals surface area contributed by atoms with E-state index in [0.29, 0.717) is 5.56 Å². The molecule has 138 valence electrons. The van der Waals surface area contributed by atoms with Crippen LogP contribution in [0, 0.1) is 0 Å². The maximum atomic E-state index is 12.3. The van der Waals surface area contributed by atoms with Gasteiger partial charge in [-0.2, -0.15) is 0 Å². The number of fused-ring (bicyclic) bond motifs is 1. The number of aliphatic carboxylic acids is 1. The third-order valence-electron chi connectivity index (χ3n) is 4.51. The first-order valence-corrected chi connectivity index (χ1v) is 8.59. The Morgan fingerprint density at radius 2 is 1.81 bits per heavy atom. The van der Waals surface area contributed by atoms with Gasteiger partial charge in [-0.25, -0.2) is 4.79 Å². The fourth-order valence-corrected chi connectivity index (χ4v) is 4.85. The number of carbonyl (C=O) groups is 3. The van der Waals surface area contributed by atoms with Crippen molar-refractivity contribution in [2.24, 2.45) is 5.73 Å².